The van der Waals surface area contributed by atoms with E-state index in [1.807, 2.05) is 24.0 Å². The van der Waals surface area contributed by atoms with Crippen LogP contribution in [-0.2, 0) is 6.54 Å². The van der Waals surface area contributed by atoms with E-state index in [-0.39, 0.29) is 0 Å². The third-order valence-electron chi connectivity index (χ3n) is 2.79. The number of hydrogen-bond acceptors (Lipinski definition) is 6. The van der Waals surface area contributed by atoms with E-state index in [2.05, 4.69) is 24.8 Å². The van der Waals surface area contributed by atoms with Crippen molar-refractivity contribution < 1.29 is 0 Å². The minimum atomic E-state index is 0.312. The minimum Gasteiger partial charge on any atom is -0.369 e. The molecule has 0 radical (unpaired) electrons. The van der Waals surface area contributed by atoms with Crippen molar-refractivity contribution >= 4 is 33.3 Å². The molecule has 3 aromatic heterocycles. The Balaban J connectivity index is 1.63. The van der Waals surface area contributed by atoms with Gasteiger partial charge in [-0.2, -0.15) is 4.98 Å². The van der Waals surface area contributed by atoms with Gasteiger partial charge in [0.2, 0.25) is 5.95 Å². The van der Waals surface area contributed by atoms with Crippen molar-refractivity contribution in [3.8, 4) is 0 Å². The molecule has 0 saturated carbocycles. The molecule has 0 fully saturated rings. The summed E-state index contributed by atoms with van der Waals surface area (Å²) in [7, 11) is 0. The monoisotopic (exact) mass is 274 g/mol. The molecule has 0 unspecified atom stereocenters. The predicted molar refractivity (Wildman–Crippen MR) is 77.2 cm³/mol. The Morgan fingerprint density at radius 2 is 2.32 bits per heavy atom. The van der Waals surface area contributed by atoms with Gasteiger partial charge in [0.1, 0.15) is 10.6 Å². The zero-order valence-corrected chi connectivity index (χ0v) is 11.1. The Kier molecular flexibility index (Phi) is 3.28. The highest BCUT2D eigenvalue weighted by molar-refractivity contribution is 7.16. The molecule has 3 rings (SSSR count). The maximum absolute atomic E-state index is 5.70. The average molecular weight is 274 g/mol. The van der Waals surface area contributed by atoms with Crippen LogP contribution < -0.4 is 11.1 Å². The van der Waals surface area contributed by atoms with E-state index < -0.39 is 0 Å². The van der Waals surface area contributed by atoms with Gasteiger partial charge in [0.25, 0.3) is 0 Å². The minimum absolute atomic E-state index is 0.312. The summed E-state index contributed by atoms with van der Waals surface area (Å²) in [6.07, 6.45) is 6.55. The second kappa shape index (κ2) is 5.23. The number of hydrogen-bond donors (Lipinski definition) is 2. The molecule has 6 nitrogen and oxygen atoms in total. The summed E-state index contributed by atoms with van der Waals surface area (Å²) in [6, 6.07) is 2.01. The fourth-order valence-corrected chi connectivity index (χ4v) is 2.67. The van der Waals surface area contributed by atoms with Crippen LogP contribution in [0.4, 0.5) is 11.8 Å². The number of nitrogen functional groups attached to an aromatic ring is 1. The highest BCUT2D eigenvalue weighted by Gasteiger charge is 2.06. The first kappa shape index (κ1) is 11.9. The summed E-state index contributed by atoms with van der Waals surface area (Å²) in [5.41, 5.74) is 5.70. The molecule has 98 valence electrons. The number of rotatable bonds is 5. The van der Waals surface area contributed by atoms with Crippen LogP contribution in [0.3, 0.4) is 0 Å². The number of nitrogens with one attached hydrogen (secondary N) is 1. The first-order chi connectivity index (χ1) is 9.33. The second-order valence-electron chi connectivity index (χ2n) is 4.15. The zero-order chi connectivity index (χ0) is 13.1. The molecule has 3 N–H and O–H groups in total. The Morgan fingerprint density at radius 3 is 3.16 bits per heavy atom. The lowest BCUT2D eigenvalue weighted by molar-refractivity contribution is 0.660. The van der Waals surface area contributed by atoms with Crippen LogP contribution in [0.25, 0.3) is 10.2 Å². The van der Waals surface area contributed by atoms with E-state index in [1.165, 1.54) is 0 Å². The Hall–Kier alpha value is -2.15. The zero-order valence-electron chi connectivity index (χ0n) is 10.3. The highest BCUT2D eigenvalue weighted by Crippen LogP contribution is 2.25. The summed E-state index contributed by atoms with van der Waals surface area (Å²) in [6.45, 7) is 1.76. The van der Waals surface area contributed by atoms with Gasteiger partial charge >= 0.3 is 0 Å². The SMILES string of the molecule is Nc1nc(NCCCn2ccnc2)c2ccsc2n1. The maximum Gasteiger partial charge on any atom is 0.223 e. The topological polar surface area (TPSA) is 81.6 Å². The number of aromatic nitrogens is 4. The highest BCUT2D eigenvalue weighted by atomic mass is 32.1. The van der Waals surface area contributed by atoms with Gasteiger partial charge in [0.15, 0.2) is 0 Å². The fraction of sp³-hybridized carbons (Fsp3) is 0.250. The fourth-order valence-electron chi connectivity index (χ4n) is 1.89. The predicted octanol–water partition coefficient (Wildman–Crippen LogP) is 1.97. The maximum atomic E-state index is 5.70. The van der Waals surface area contributed by atoms with Crippen molar-refractivity contribution in [2.24, 2.45) is 0 Å². The number of aryl methyl sites for hydroxylation is 1. The molecule has 7 heteroatoms. The largest absolute Gasteiger partial charge is 0.369 e. The molecular formula is C12H14N6S. The van der Waals surface area contributed by atoms with Gasteiger partial charge in [-0.05, 0) is 17.9 Å². The van der Waals surface area contributed by atoms with Gasteiger partial charge in [0.05, 0.1) is 11.7 Å². The number of anilines is 2. The molecule has 0 aliphatic heterocycles. The molecule has 3 heterocycles. The normalized spacial score (nSPS) is 10.9. The van der Waals surface area contributed by atoms with E-state index in [4.69, 9.17) is 5.73 Å². The van der Waals surface area contributed by atoms with E-state index >= 15 is 0 Å². The first-order valence-corrected chi connectivity index (χ1v) is 6.91. The van der Waals surface area contributed by atoms with Crippen molar-refractivity contribution in [1.29, 1.82) is 0 Å². The molecule has 0 aromatic carbocycles. The number of thiophene rings is 1. The van der Waals surface area contributed by atoms with Gasteiger partial charge in [-0.3, -0.25) is 0 Å². The van der Waals surface area contributed by atoms with Crippen molar-refractivity contribution in [1.82, 2.24) is 19.5 Å². The molecule has 0 spiro atoms. The molecule has 0 atom stereocenters. The van der Waals surface area contributed by atoms with Gasteiger partial charge in [0, 0.05) is 25.5 Å². The van der Waals surface area contributed by atoms with Crippen LogP contribution in [0.1, 0.15) is 6.42 Å². The van der Waals surface area contributed by atoms with Crippen LogP contribution in [0, 0.1) is 0 Å². The number of fused-ring (bicyclic) bond motifs is 1. The molecular weight excluding hydrogens is 260 g/mol. The van der Waals surface area contributed by atoms with Crippen molar-refractivity contribution in [2.75, 3.05) is 17.6 Å². The third-order valence-corrected chi connectivity index (χ3v) is 3.59. The summed E-state index contributed by atoms with van der Waals surface area (Å²) in [4.78, 5) is 13.4. The van der Waals surface area contributed by atoms with E-state index in [0.29, 0.717) is 5.95 Å². The summed E-state index contributed by atoms with van der Waals surface area (Å²) >= 11 is 1.57. The van der Waals surface area contributed by atoms with Crippen LogP contribution in [0.5, 0.6) is 0 Å². The Labute approximate surface area is 114 Å². The molecule has 0 aliphatic rings. The second-order valence-corrected chi connectivity index (χ2v) is 5.05. The molecule has 3 aromatic rings. The number of nitrogens with two attached hydrogens (primary N) is 1. The first-order valence-electron chi connectivity index (χ1n) is 6.03. The van der Waals surface area contributed by atoms with Crippen LogP contribution >= 0.6 is 11.3 Å². The molecule has 0 saturated heterocycles. The third kappa shape index (κ3) is 2.65. The van der Waals surface area contributed by atoms with Crippen LogP contribution in [-0.4, -0.2) is 26.1 Å². The van der Waals surface area contributed by atoms with E-state index in [0.717, 1.165) is 35.5 Å². The number of imidazole rings is 1. The molecule has 0 bridgehead atoms. The quantitative estimate of drug-likeness (QED) is 0.695. The van der Waals surface area contributed by atoms with Crippen LogP contribution in [0.2, 0.25) is 0 Å². The van der Waals surface area contributed by atoms with Crippen molar-refractivity contribution in [2.45, 2.75) is 13.0 Å². The lowest BCUT2D eigenvalue weighted by Crippen LogP contribution is -2.08. The molecule has 0 amide bonds. The van der Waals surface area contributed by atoms with Gasteiger partial charge in [-0.25, -0.2) is 9.97 Å². The van der Waals surface area contributed by atoms with Gasteiger partial charge in [-0.1, -0.05) is 0 Å². The smallest absolute Gasteiger partial charge is 0.223 e. The number of nitrogens with zero attached hydrogens (tertiary/aromatic N) is 4. The van der Waals surface area contributed by atoms with Gasteiger partial charge in [-0.15, -0.1) is 11.3 Å². The summed E-state index contributed by atoms with van der Waals surface area (Å²) < 4.78 is 2.05. The summed E-state index contributed by atoms with van der Waals surface area (Å²) in [5, 5.41) is 6.34. The lowest BCUT2D eigenvalue weighted by Gasteiger charge is -2.07. The van der Waals surface area contributed by atoms with Crippen molar-refractivity contribution in [3.63, 3.8) is 0 Å². The summed E-state index contributed by atoms with van der Waals surface area (Å²) in [5.74, 6) is 1.13. The van der Waals surface area contributed by atoms with Crippen molar-refractivity contribution in [3.05, 3.63) is 30.2 Å². The average Bonchev–Trinajstić information content (AvgIpc) is 3.04. The van der Waals surface area contributed by atoms with E-state index in [9.17, 15) is 0 Å². The molecule has 19 heavy (non-hydrogen) atoms. The van der Waals surface area contributed by atoms with Gasteiger partial charge < -0.3 is 15.6 Å². The Bertz CT molecular complexity index is 660. The Morgan fingerprint density at radius 1 is 1.37 bits per heavy atom. The molecule has 0 aliphatic carbocycles. The lowest BCUT2D eigenvalue weighted by atomic mass is 10.3. The standard InChI is InChI=1S/C12H14N6S/c13-12-16-10(9-2-7-19-11(9)17-12)15-3-1-5-18-6-4-14-8-18/h2,4,6-8H,1,3,5H2,(H3,13,15,16,17). The van der Waals surface area contributed by atoms with Crippen LogP contribution in [0.15, 0.2) is 30.2 Å². The van der Waals surface area contributed by atoms with E-state index in [1.54, 1.807) is 17.5 Å².